The highest BCUT2D eigenvalue weighted by Gasteiger charge is 1.75. The van der Waals surface area contributed by atoms with E-state index in [2.05, 4.69) is 10.1 Å². The van der Waals surface area contributed by atoms with E-state index in [0.29, 0.717) is 5.84 Å². The molecule has 0 unspecified atom stereocenters. The molecule has 0 radical (unpaired) electrons. The number of nitrogens with one attached hydrogen (secondary N) is 1. The standard InChI is InChI=1S/C5H9N3/c1-3-4-7-5(2)8-6/h3-4,6H,1-2H3/b4-3-,7-5?,8-6?. The Morgan fingerprint density at radius 2 is 2.25 bits per heavy atom. The summed E-state index contributed by atoms with van der Waals surface area (Å²) in [6, 6.07) is 0. The van der Waals surface area contributed by atoms with Crippen molar-refractivity contribution in [3.05, 3.63) is 12.3 Å². The molecule has 8 heavy (non-hydrogen) atoms. The predicted octanol–water partition coefficient (Wildman–Crippen LogP) is 1.97. The maximum Gasteiger partial charge on any atom is 0.147 e. The number of aliphatic imine (C=N–C) groups is 1. The largest absolute Gasteiger partial charge is 0.240 e. The van der Waals surface area contributed by atoms with E-state index in [-0.39, 0.29) is 0 Å². The van der Waals surface area contributed by atoms with Crippen LogP contribution in [0.5, 0.6) is 0 Å². The second-order valence-electron chi connectivity index (χ2n) is 1.27. The minimum Gasteiger partial charge on any atom is -0.240 e. The third kappa shape index (κ3) is 3.21. The second kappa shape index (κ2) is 4.18. The summed E-state index contributed by atoms with van der Waals surface area (Å²) >= 11 is 0. The Kier molecular flexibility index (Phi) is 3.66. The maximum atomic E-state index is 6.45. The predicted molar refractivity (Wildman–Crippen MR) is 33.1 cm³/mol. The lowest BCUT2D eigenvalue weighted by atomic mass is 10.7. The van der Waals surface area contributed by atoms with Crippen LogP contribution in [0.4, 0.5) is 0 Å². The van der Waals surface area contributed by atoms with Crippen LogP contribution in [0, 0.1) is 5.53 Å². The Hall–Kier alpha value is -0.990. The summed E-state index contributed by atoms with van der Waals surface area (Å²) in [7, 11) is 0. The first kappa shape index (κ1) is 7.01. The molecular formula is C5H9N3. The number of rotatable bonds is 1. The first-order chi connectivity index (χ1) is 3.81. The van der Waals surface area contributed by atoms with E-state index in [0.717, 1.165) is 0 Å². The molecule has 0 saturated carbocycles. The fourth-order valence-electron chi connectivity index (χ4n) is 0.211. The van der Waals surface area contributed by atoms with Gasteiger partial charge in [-0.1, -0.05) is 6.08 Å². The van der Waals surface area contributed by atoms with Crippen LogP contribution in [0.15, 0.2) is 22.4 Å². The molecule has 0 aliphatic carbocycles. The molecule has 3 heteroatoms. The van der Waals surface area contributed by atoms with Crippen molar-refractivity contribution in [3.63, 3.8) is 0 Å². The molecule has 1 N–H and O–H groups in total. The van der Waals surface area contributed by atoms with Gasteiger partial charge in [-0.25, -0.2) is 10.5 Å². The van der Waals surface area contributed by atoms with Crippen LogP contribution in [-0.4, -0.2) is 5.84 Å². The van der Waals surface area contributed by atoms with E-state index in [9.17, 15) is 0 Å². The van der Waals surface area contributed by atoms with E-state index in [1.807, 2.05) is 6.92 Å². The van der Waals surface area contributed by atoms with E-state index in [1.165, 1.54) is 0 Å². The molecule has 0 aromatic rings. The van der Waals surface area contributed by atoms with Crippen molar-refractivity contribution < 1.29 is 0 Å². The van der Waals surface area contributed by atoms with Gasteiger partial charge in [0.15, 0.2) is 0 Å². The van der Waals surface area contributed by atoms with Crippen molar-refractivity contribution >= 4 is 5.84 Å². The summed E-state index contributed by atoms with van der Waals surface area (Å²) in [5.74, 6) is 0.475. The average Bonchev–Trinajstić information content (AvgIpc) is 1.83. The van der Waals surface area contributed by atoms with Gasteiger partial charge in [-0.05, 0) is 13.8 Å². The Balaban J connectivity index is 3.74. The number of amidine groups is 1. The van der Waals surface area contributed by atoms with E-state index < -0.39 is 0 Å². The smallest absolute Gasteiger partial charge is 0.147 e. The highest BCUT2D eigenvalue weighted by atomic mass is 15.0. The lowest BCUT2D eigenvalue weighted by Gasteiger charge is -1.78. The molecule has 0 bridgehead atoms. The van der Waals surface area contributed by atoms with Gasteiger partial charge in [0.25, 0.3) is 0 Å². The number of nitrogens with zero attached hydrogens (tertiary/aromatic N) is 2. The van der Waals surface area contributed by atoms with Crippen LogP contribution in [0.2, 0.25) is 0 Å². The zero-order valence-electron chi connectivity index (χ0n) is 5.05. The Morgan fingerprint density at radius 3 is 2.62 bits per heavy atom. The number of hydrogen-bond acceptors (Lipinski definition) is 2. The first-order valence-corrected chi connectivity index (χ1v) is 2.34. The maximum absolute atomic E-state index is 6.45. The quantitative estimate of drug-likeness (QED) is 0.305. The topological polar surface area (TPSA) is 48.6 Å². The Morgan fingerprint density at radius 1 is 1.62 bits per heavy atom. The van der Waals surface area contributed by atoms with Gasteiger partial charge in [-0.3, -0.25) is 0 Å². The molecule has 44 valence electrons. The summed E-state index contributed by atoms with van der Waals surface area (Å²) in [5, 5.41) is 3.07. The lowest BCUT2D eigenvalue weighted by molar-refractivity contribution is 1.17. The highest BCUT2D eigenvalue weighted by molar-refractivity contribution is 5.79. The van der Waals surface area contributed by atoms with Gasteiger partial charge < -0.3 is 0 Å². The normalized spacial score (nSPS) is 12.5. The molecule has 0 aromatic carbocycles. The van der Waals surface area contributed by atoms with Gasteiger partial charge in [-0.2, -0.15) is 0 Å². The monoisotopic (exact) mass is 111 g/mol. The molecule has 3 nitrogen and oxygen atoms in total. The summed E-state index contributed by atoms with van der Waals surface area (Å²) in [4.78, 5) is 3.74. The second-order valence-corrected chi connectivity index (χ2v) is 1.27. The first-order valence-electron chi connectivity index (χ1n) is 2.34. The molecule has 0 spiro atoms. The van der Waals surface area contributed by atoms with E-state index in [1.54, 1.807) is 19.2 Å². The van der Waals surface area contributed by atoms with Gasteiger partial charge in [0.1, 0.15) is 5.84 Å². The SMILES string of the molecule is C/C=C\N=C(C)N=N. The van der Waals surface area contributed by atoms with Crippen LogP contribution >= 0.6 is 0 Å². The Labute approximate surface area is 48.6 Å². The molecule has 0 rings (SSSR count). The minimum absolute atomic E-state index is 0.475. The highest BCUT2D eigenvalue weighted by Crippen LogP contribution is 1.79. The number of hydrogen-bond donors (Lipinski definition) is 1. The van der Waals surface area contributed by atoms with Gasteiger partial charge in [0, 0.05) is 6.20 Å². The third-order valence-electron chi connectivity index (χ3n) is 0.572. The van der Waals surface area contributed by atoms with Crippen molar-refractivity contribution in [1.29, 1.82) is 5.53 Å². The van der Waals surface area contributed by atoms with E-state index >= 15 is 0 Å². The van der Waals surface area contributed by atoms with Gasteiger partial charge >= 0.3 is 0 Å². The Bertz CT molecular complexity index is 124. The van der Waals surface area contributed by atoms with Crippen molar-refractivity contribution in [1.82, 2.24) is 0 Å². The molecule has 0 saturated heterocycles. The summed E-state index contributed by atoms with van der Waals surface area (Å²) in [6.07, 6.45) is 3.39. The van der Waals surface area contributed by atoms with Crippen LogP contribution in [-0.2, 0) is 0 Å². The molecule has 0 aromatic heterocycles. The third-order valence-corrected chi connectivity index (χ3v) is 0.572. The average molecular weight is 111 g/mol. The van der Waals surface area contributed by atoms with Gasteiger partial charge in [-0.15, -0.1) is 5.11 Å². The van der Waals surface area contributed by atoms with Crippen LogP contribution in [0.1, 0.15) is 13.8 Å². The van der Waals surface area contributed by atoms with Gasteiger partial charge in [0.2, 0.25) is 0 Å². The fourth-order valence-corrected chi connectivity index (χ4v) is 0.211. The molecule has 0 amide bonds. The van der Waals surface area contributed by atoms with E-state index in [4.69, 9.17) is 5.53 Å². The molecule has 0 aliphatic heterocycles. The minimum atomic E-state index is 0.475. The number of allylic oxidation sites excluding steroid dienone is 1. The van der Waals surface area contributed by atoms with Crippen LogP contribution in [0.3, 0.4) is 0 Å². The van der Waals surface area contributed by atoms with Crippen molar-refractivity contribution in [2.75, 3.05) is 0 Å². The fraction of sp³-hybridized carbons (Fsp3) is 0.400. The van der Waals surface area contributed by atoms with Crippen LogP contribution < -0.4 is 0 Å². The molecule has 0 aliphatic rings. The molecular weight excluding hydrogens is 102 g/mol. The summed E-state index contributed by atoms with van der Waals surface area (Å²) in [5.41, 5.74) is 6.45. The zero-order chi connectivity index (χ0) is 6.41. The molecule has 0 heterocycles. The summed E-state index contributed by atoms with van der Waals surface area (Å²) in [6.45, 7) is 3.54. The molecule has 0 atom stereocenters. The van der Waals surface area contributed by atoms with Crippen molar-refractivity contribution in [3.8, 4) is 0 Å². The van der Waals surface area contributed by atoms with Crippen LogP contribution in [0.25, 0.3) is 0 Å². The lowest BCUT2D eigenvalue weighted by Crippen LogP contribution is -1.77. The van der Waals surface area contributed by atoms with Gasteiger partial charge in [0.05, 0.1) is 0 Å². The summed E-state index contributed by atoms with van der Waals surface area (Å²) < 4.78 is 0. The molecule has 0 fully saturated rings. The zero-order valence-corrected chi connectivity index (χ0v) is 5.05. The van der Waals surface area contributed by atoms with Crippen molar-refractivity contribution in [2.24, 2.45) is 10.1 Å². The van der Waals surface area contributed by atoms with Crippen molar-refractivity contribution in [2.45, 2.75) is 13.8 Å².